The molecule has 2 heterocycles. The fraction of sp³-hybridized carbons (Fsp3) is 0.520. The van der Waals surface area contributed by atoms with Gasteiger partial charge >= 0.3 is 0 Å². The van der Waals surface area contributed by atoms with Gasteiger partial charge in [0.15, 0.2) is 11.4 Å². The van der Waals surface area contributed by atoms with Gasteiger partial charge in [0.25, 0.3) is 0 Å². The molecule has 0 fully saturated rings. The van der Waals surface area contributed by atoms with Crippen LogP contribution in [0.1, 0.15) is 81.6 Å². The van der Waals surface area contributed by atoms with Crippen molar-refractivity contribution in [3.8, 4) is 5.88 Å². The third-order valence-electron chi connectivity index (χ3n) is 5.67. The molecule has 1 aromatic carbocycles. The van der Waals surface area contributed by atoms with Crippen molar-refractivity contribution in [3.05, 3.63) is 51.6 Å². The fourth-order valence-electron chi connectivity index (χ4n) is 3.42. The second-order valence-electron chi connectivity index (χ2n) is 9.74. The van der Waals surface area contributed by atoms with Crippen LogP contribution in [0.25, 0.3) is 5.65 Å². The Bertz CT molecular complexity index is 1210. The van der Waals surface area contributed by atoms with Crippen LogP contribution < -0.4 is 10.4 Å². The summed E-state index contributed by atoms with van der Waals surface area (Å²) < 4.78 is 8.33. The van der Waals surface area contributed by atoms with Gasteiger partial charge in [0.05, 0.1) is 12.2 Å². The maximum absolute atomic E-state index is 13.2. The van der Waals surface area contributed by atoms with E-state index in [9.17, 15) is 9.90 Å². The molecule has 180 valence electrons. The highest BCUT2D eigenvalue weighted by Gasteiger charge is 2.24. The van der Waals surface area contributed by atoms with Crippen molar-refractivity contribution in [3.63, 3.8) is 0 Å². The highest BCUT2D eigenvalue weighted by Crippen LogP contribution is 2.29. The topological polar surface area (TPSA) is 106 Å². The molecule has 0 saturated heterocycles. The zero-order valence-electron chi connectivity index (χ0n) is 20.2. The molecule has 0 aliphatic carbocycles. The van der Waals surface area contributed by atoms with Gasteiger partial charge in [0.1, 0.15) is 6.54 Å². The lowest BCUT2D eigenvalue weighted by Gasteiger charge is -2.25. The Hall–Kier alpha value is -3.00. The van der Waals surface area contributed by atoms with Crippen LogP contribution in [0, 0.1) is 19.3 Å². The molecule has 0 aliphatic heterocycles. The largest absolute Gasteiger partial charge is 0.477 e. The SMILES string of the molecule is C.CCOc1nn2c(=N)n(CC(=O)c3cc(C(C)(C)C)cc(C(C)(C)O)c3)nc2c(C)c1C. The molecule has 8 nitrogen and oxygen atoms in total. The van der Waals surface area contributed by atoms with Gasteiger partial charge in [-0.2, -0.15) is 4.52 Å². The molecule has 0 saturated carbocycles. The average Bonchev–Trinajstić information content (AvgIpc) is 3.00. The molecular weight excluding hydrogens is 418 g/mol. The molecule has 0 atom stereocenters. The first kappa shape index (κ1) is 26.3. The number of hydrogen-bond donors (Lipinski definition) is 2. The smallest absolute Gasteiger partial charge is 0.242 e. The standard InChI is InChI=1S/C24H33N5O3.CH4/c1-9-32-21-15(3)14(2)20-26-28(22(25)29(20)27-21)13-19(30)16-10-17(23(4,5)6)12-18(11-16)24(7,8)31;/h10-12,25,31H,9,13H2,1-8H3;1H4. The maximum Gasteiger partial charge on any atom is 0.242 e. The second-order valence-corrected chi connectivity index (χ2v) is 9.74. The number of fused-ring (bicyclic) bond motifs is 1. The number of aliphatic hydroxyl groups is 1. The van der Waals surface area contributed by atoms with E-state index in [-0.39, 0.29) is 30.8 Å². The highest BCUT2D eigenvalue weighted by atomic mass is 16.5. The van der Waals surface area contributed by atoms with Crippen LogP contribution in [-0.2, 0) is 17.6 Å². The van der Waals surface area contributed by atoms with Gasteiger partial charge in [-0.05, 0) is 63.3 Å². The summed E-state index contributed by atoms with van der Waals surface area (Å²) in [7, 11) is 0. The first-order valence-corrected chi connectivity index (χ1v) is 10.8. The minimum absolute atomic E-state index is 0. The van der Waals surface area contributed by atoms with Gasteiger partial charge in [0.2, 0.25) is 11.5 Å². The predicted molar refractivity (Wildman–Crippen MR) is 129 cm³/mol. The lowest BCUT2D eigenvalue weighted by molar-refractivity contribution is 0.0783. The zero-order valence-corrected chi connectivity index (χ0v) is 20.2. The van der Waals surface area contributed by atoms with Crippen molar-refractivity contribution in [2.45, 2.75) is 80.4 Å². The first-order valence-electron chi connectivity index (χ1n) is 10.8. The number of aromatic nitrogens is 4. The lowest BCUT2D eigenvalue weighted by atomic mass is 9.82. The van der Waals surface area contributed by atoms with Crippen molar-refractivity contribution in [1.82, 2.24) is 19.4 Å². The van der Waals surface area contributed by atoms with E-state index >= 15 is 0 Å². The number of ketones is 1. The molecule has 2 aromatic heterocycles. The monoisotopic (exact) mass is 455 g/mol. The maximum atomic E-state index is 13.2. The van der Waals surface area contributed by atoms with E-state index in [4.69, 9.17) is 10.1 Å². The van der Waals surface area contributed by atoms with Crippen LogP contribution in [0.2, 0.25) is 0 Å². The molecule has 0 spiro atoms. The normalized spacial score (nSPS) is 12.0. The number of ether oxygens (including phenoxy) is 1. The van der Waals surface area contributed by atoms with E-state index in [1.54, 1.807) is 19.9 Å². The molecule has 0 unspecified atom stereocenters. The summed E-state index contributed by atoms with van der Waals surface area (Å²) in [5.41, 5.74) is 3.06. The van der Waals surface area contributed by atoms with Crippen molar-refractivity contribution < 1.29 is 14.6 Å². The minimum atomic E-state index is -1.08. The number of carbonyl (C=O) groups excluding carboxylic acids is 1. The Labute approximate surface area is 195 Å². The summed E-state index contributed by atoms with van der Waals surface area (Å²) in [6.07, 6.45) is 0. The van der Waals surface area contributed by atoms with Gasteiger partial charge in [-0.1, -0.05) is 34.3 Å². The van der Waals surface area contributed by atoms with Gasteiger partial charge in [-0.3, -0.25) is 10.2 Å². The predicted octanol–water partition coefficient (Wildman–Crippen LogP) is 4.07. The van der Waals surface area contributed by atoms with Crippen molar-refractivity contribution >= 4 is 11.4 Å². The Morgan fingerprint density at radius 3 is 2.21 bits per heavy atom. The Morgan fingerprint density at radius 1 is 1.06 bits per heavy atom. The number of hydrogen-bond acceptors (Lipinski definition) is 6. The zero-order chi connectivity index (χ0) is 24.0. The Balaban J connectivity index is 0.00000385. The number of benzene rings is 1. The van der Waals surface area contributed by atoms with E-state index in [0.29, 0.717) is 29.3 Å². The third-order valence-corrected chi connectivity index (χ3v) is 5.67. The molecule has 0 bridgehead atoms. The second kappa shape index (κ2) is 9.09. The van der Waals surface area contributed by atoms with Crippen LogP contribution in [0.3, 0.4) is 0 Å². The summed E-state index contributed by atoms with van der Waals surface area (Å²) in [6, 6.07) is 5.52. The molecule has 0 amide bonds. The van der Waals surface area contributed by atoms with Gasteiger partial charge in [0, 0.05) is 16.7 Å². The first-order chi connectivity index (χ1) is 14.7. The van der Waals surface area contributed by atoms with Crippen LogP contribution in [0.4, 0.5) is 0 Å². The minimum Gasteiger partial charge on any atom is -0.477 e. The van der Waals surface area contributed by atoms with Crippen molar-refractivity contribution in [1.29, 1.82) is 5.41 Å². The van der Waals surface area contributed by atoms with E-state index < -0.39 is 5.60 Å². The van der Waals surface area contributed by atoms with Crippen molar-refractivity contribution in [2.24, 2.45) is 0 Å². The van der Waals surface area contributed by atoms with E-state index in [0.717, 1.165) is 16.7 Å². The molecule has 8 heteroatoms. The lowest BCUT2D eigenvalue weighted by Crippen LogP contribution is -2.27. The Morgan fingerprint density at radius 2 is 1.67 bits per heavy atom. The van der Waals surface area contributed by atoms with Gasteiger partial charge in [-0.15, -0.1) is 10.2 Å². The molecule has 2 N–H and O–H groups in total. The van der Waals surface area contributed by atoms with E-state index in [1.165, 1.54) is 9.20 Å². The number of rotatable bonds is 6. The summed E-state index contributed by atoms with van der Waals surface area (Å²) in [5.74, 6) is 0.262. The van der Waals surface area contributed by atoms with Crippen LogP contribution >= 0.6 is 0 Å². The van der Waals surface area contributed by atoms with Crippen LogP contribution in [0.15, 0.2) is 18.2 Å². The molecule has 3 aromatic rings. The van der Waals surface area contributed by atoms with Gasteiger partial charge in [-0.25, -0.2) is 4.68 Å². The van der Waals surface area contributed by atoms with Gasteiger partial charge < -0.3 is 9.84 Å². The summed E-state index contributed by atoms with van der Waals surface area (Å²) >= 11 is 0. The quantitative estimate of drug-likeness (QED) is 0.545. The molecule has 0 aliphatic rings. The highest BCUT2D eigenvalue weighted by molar-refractivity contribution is 5.96. The van der Waals surface area contributed by atoms with Crippen LogP contribution in [0.5, 0.6) is 5.88 Å². The average molecular weight is 456 g/mol. The summed E-state index contributed by atoms with van der Waals surface area (Å²) in [5, 5.41) is 27.9. The Kier molecular flexibility index (Phi) is 7.24. The molecule has 3 rings (SSSR count). The van der Waals surface area contributed by atoms with E-state index in [2.05, 4.69) is 31.0 Å². The number of Topliss-reactive ketones (excluding diaryl/α,β-unsaturated/α-hetero) is 1. The summed E-state index contributed by atoms with van der Waals surface area (Å²) in [6.45, 7) is 15.6. The molecule has 33 heavy (non-hydrogen) atoms. The fourth-order valence-corrected chi connectivity index (χ4v) is 3.42. The molecule has 0 radical (unpaired) electrons. The number of nitrogens with one attached hydrogen (secondary N) is 1. The van der Waals surface area contributed by atoms with Crippen molar-refractivity contribution in [2.75, 3.05) is 6.61 Å². The van der Waals surface area contributed by atoms with E-state index in [1.807, 2.05) is 32.9 Å². The number of carbonyl (C=O) groups is 1. The third kappa shape index (κ3) is 5.16. The summed E-state index contributed by atoms with van der Waals surface area (Å²) in [4.78, 5) is 13.2. The van der Waals surface area contributed by atoms with Crippen LogP contribution in [-0.4, -0.2) is 36.9 Å². The molecular formula is C25H37N5O3. The number of aryl methyl sites for hydroxylation is 1. The number of nitrogens with zero attached hydrogens (tertiary/aromatic N) is 4.